The van der Waals surface area contributed by atoms with Crippen LogP contribution in [0.1, 0.15) is 57.9 Å². The van der Waals surface area contributed by atoms with E-state index in [0.29, 0.717) is 25.8 Å². The summed E-state index contributed by atoms with van der Waals surface area (Å²) >= 11 is 0. The largest absolute Gasteiger partial charge is 0.481 e. The van der Waals surface area contributed by atoms with Gasteiger partial charge in [0.25, 0.3) is 0 Å². The molecule has 0 radical (unpaired) electrons. The second-order valence-electron chi connectivity index (χ2n) is 9.66. The third-order valence-corrected chi connectivity index (χ3v) is 5.82. The average molecular weight is 536 g/mol. The van der Waals surface area contributed by atoms with Crippen LogP contribution in [0.25, 0.3) is 0 Å². The lowest BCUT2D eigenvalue weighted by atomic mass is 10.0. The molecule has 0 saturated carbocycles. The normalized spacial score (nSPS) is 14.1. The van der Waals surface area contributed by atoms with E-state index >= 15 is 0 Å². The molecule has 0 saturated heterocycles. The molecule has 1 aromatic carbocycles. The Kier molecular flexibility index (Phi) is 14.6. The number of benzene rings is 1. The van der Waals surface area contributed by atoms with Crippen LogP contribution >= 0.6 is 0 Å². The Labute approximate surface area is 222 Å². The van der Waals surface area contributed by atoms with Crippen LogP contribution in [-0.4, -0.2) is 70.6 Å². The molecule has 0 fully saturated rings. The van der Waals surface area contributed by atoms with Gasteiger partial charge in [0.15, 0.2) is 0 Å². The fourth-order valence-corrected chi connectivity index (χ4v) is 3.78. The monoisotopic (exact) mass is 535 g/mol. The predicted molar refractivity (Wildman–Crippen MR) is 141 cm³/mol. The van der Waals surface area contributed by atoms with Crippen molar-refractivity contribution in [3.8, 4) is 0 Å². The number of carboxylic acids is 2. The maximum Gasteiger partial charge on any atom is 0.326 e. The molecule has 1 aromatic rings. The van der Waals surface area contributed by atoms with Gasteiger partial charge in [-0.15, -0.1) is 0 Å². The van der Waals surface area contributed by atoms with E-state index in [2.05, 4.69) is 16.0 Å². The highest BCUT2D eigenvalue weighted by atomic mass is 16.4. The zero-order chi connectivity index (χ0) is 28.7. The average Bonchev–Trinajstić information content (AvgIpc) is 2.85. The second kappa shape index (κ2) is 17.1. The van der Waals surface area contributed by atoms with Gasteiger partial charge >= 0.3 is 11.9 Å². The van der Waals surface area contributed by atoms with E-state index in [9.17, 15) is 29.1 Å². The molecular formula is C26H41N5O7. The molecule has 0 spiro atoms. The van der Waals surface area contributed by atoms with Gasteiger partial charge in [-0.1, -0.05) is 44.2 Å². The van der Waals surface area contributed by atoms with Crippen LogP contribution in [0.5, 0.6) is 0 Å². The van der Waals surface area contributed by atoms with Crippen molar-refractivity contribution in [1.82, 2.24) is 16.0 Å². The van der Waals surface area contributed by atoms with Crippen LogP contribution in [0.15, 0.2) is 30.3 Å². The maximum atomic E-state index is 13.3. The molecule has 1 rings (SSSR count). The summed E-state index contributed by atoms with van der Waals surface area (Å²) in [6, 6.07) is 4.37. The lowest BCUT2D eigenvalue weighted by Gasteiger charge is -2.25. The minimum atomic E-state index is -1.34. The molecule has 38 heavy (non-hydrogen) atoms. The first-order valence-corrected chi connectivity index (χ1v) is 12.8. The minimum absolute atomic E-state index is 0.0942. The molecule has 0 aliphatic heterocycles. The van der Waals surface area contributed by atoms with Crippen LogP contribution < -0.4 is 27.4 Å². The topological polar surface area (TPSA) is 214 Å². The molecule has 3 amide bonds. The third-order valence-electron chi connectivity index (χ3n) is 5.82. The number of carbonyl (C=O) groups is 5. The Hall–Kier alpha value is -3.51. The first-order chi connectivity index (χ1) is 17.9. The van der Waals surface area contributed by atoms with Crippen molar-refractivity contribution in [2.75, 3.05) is 6.54 Å². The van der Waals surface area contributed by atoms with Crippen molar-refractivity contribution in [2.45, 2.75) is 83.0 Å². The van der Waals surface area contributed by atoms with E-state index in [1.54, 1.807) is 30.3 Å². The standard InChI is InChI=1S/C26H41N5O7/c1-16(2)14-18(28)23(34)31-21(15-17-8-4-3-5-9-17)25(36)29-19(11-12-22(32)33)24(35)30-20(26(37)38)10-6-7-13-27/h3-5,8-9,16,18-21H,6-7,10-15,27-28H2,1-2H3,(H,29,36)(H,30,35)(H,31,34)(H,32,33)(H,37,38). The highest BCUT2D eigenvalue weighted by molar-refractivity contribution is 5.94. The molecule has 212 valence electrons. The summed E-state index contributed by atoms with van der Waals surface area (Å²) in [5, 5.41) is 26.1. The van der Waals surface area contributed by atoms with E-state index in [-0.39, 0.29) is 25.2 Å². The van der Waals surface area contributed by atoms with Gasteiger partial charge in [-0.05, 0) is 50.1 Å². The van der Waals surface area contributed by atoms with Crippen LogP contribution in [0, 0.1) is 5.92 Å². The Bertz CT molecular complexity index is 926. The van der Waals surface area contributed by atoms with Crippen molar-refractivity contribution in [3.63, 3.8) is 0 Å². The summed E-state index contributed by atoms with van der Waals surface area (Å²) < 4.78 is 0. The molecule has 0 heterocycles. The van der Waals surface area contributed by atoms with E-state index in [0.717, 1.165) is 5.56 Å². The quantitative estimate of drug-likeness (QED) is 0.127. The number of unbranched alkanes of at least 4 members (excludes halogenated alkanes) is 1. The predicted octanol–water partition coefficient (Wildman–Crippen LogP) is 0.135. The molecule has 0 bridgehead atoms. The van der Waals surface area contributed by atoms with Crippen molar-refractivity contribution in [1.29, 1.82) is 0 Å². The molecule has 12 heteroatoms. The Balaban J connectivity index is 3.10. The summed E-state index contributed by atoms with van der Waals surface area (Å²) in [4.78, 5) is 61.8. The zero-order valence-corrected chi connectivity index (χ0v) is 22.0. The smallest absolute Gasteiger partial charge is 0.326 e. The van der Waals surface area contributed by atoms with Crippen LogP contribution in [0.3, 0.4) is 0 Å². The van der Waals surface area contributed by atoms with Gasteiger partial charge in [0, 0.05) is 12.8 Å². The fourth-order valence-electron chi connectivity index (χ4n) is 3.78. The number of nitrogens with one attached hydrogen (secondary N) is 3. The number of carbonyl (C=O) groups excluding carboxylic acids is 3. The van der Waals surface area contributed by atoms with Crippen molar-refractivity contribution in [3.05, 3.63) is 35.9 Å². The first kappa shape index (κ1) is 32.5. The highest BCUT2D eigenvalue weighted by Crippen LogP contribution is 2.09. The molecule has 4 unspecified atom stereocenters. The van der Waals surface area contributed by atoms with Gasteiger partial charge in [-0.3, -0.25) is 19.2 Å². The van der Waals surface area contributed by atoms with Gasteiger partial charge in [0.2, 0.25) is 17.7 Å². The van der Waals surface area contributed by atoms with E-state index in [1.807, 2.05) is 13.8 Å². The molecule has 12 nitrogen and oxygen atoms in total. The summed E-state index contributed by atoms with van der Waals surface area (Å²) in [7, 11) is 0. The Morgan fingerprint density at radius 3 is 1.95 bits per heavy atom. The molecular weight excluding hydrogens is 494 g/mol. The van der Waals surface area contributed by atoms with Gasteiger partial charge in [-0.2, -0.15) is 0 Å². The van der Waals surface area contributed by atoms with Gasteiger partial charge in [-0.25, -0.2) is 4.79 Å². The van der Waals surface area contributed by atoms with Crippen molar-refractivity contribution >= 4 is 29.7 Å². The number of hydrogen-bond acceptors (Lipinski definition) is 7. The van der Waals surface area contributed by atoms with E-state index < -0.39 is 60.2 Å². The number of rotatable bonds is 18. The highest BCUT2D eigenvalue weighted by Gasteiger charge is 2.30. The third kappa shape index (κ3) is 12.6. The Morgan fingerprint density at radius 1 is 0.816 bits per heavy atom. The molecule has 0 aliphatic rings. The summed E-state index contributed by atoms with van der Waals surface area (Å²) in [6.45, 7) is 4.19. The number of nitrogens with two attached hydrogens (primary N) is 2. The first-order valence-electron chi connectivity index (χ1n) is 12.8. The molecule has 9 N–H and O–H groups in total. The summed E-state index contributed by atoms with van der Waals surface area (Å²) in [5.41, 5.74) is 12.2. The molecule has 4 atom stereocenters. The number of amides is 3. The SMILES string of the molecule is CC(C)CC(N)C(=O)NC(Cc1ccccc1)C(=O)NC(CCC(=O)O)C(=O)NC(CCCCN)C(=O)O. The minimum Gasteiger partial charge on any atom is -0.481 e. The van der Waals surface area contributed by atoms with E-state index in [4.69, 9.17) is 16.6 Å². The maximum absolute atomic E-state index is 13.3. The van der Waals surface area contributed by atoms with Crippen LogP contribution in [-0.2, 0) is 30.4 Å². The number of hydrogen-bond donors (Lipinski definition) is 7. The molecule has 0 aliphatic carbocycles. The zero-order valence-electron chi connectivity index (χ0n) is 22.0. The lowest BCUT2D eigenvalue weighted by Crippen LogP contribution is -2.57. The van der Waals surface area contributed by atoms with Gasteiger partial charge in [0.05, 0.1) is 6.04 Å². The van der Waals surface area contributed by atoms with Crippen LogP contribution in [0.4, 0.5) is 0 Å². The van der Waals surface area contributed by atoms with Crippen LogP contribution in [0.2, 0.25) is 0 Å². The van der Waals surface area contributed by atoms with E-state index in [1.165, 1.54) is 0 Å². The second-order valence-corrected chi connectivity index (χ2v) is 9.66. The fraction of sp³-hybridized carbons (Fsp3) is 0.577. The summed E-state index contributed by atoms with van der Waals surface area (Å²) in [6.07, 6.45) is 0.921. The number of aliphatic carboxylic acids is 2. The number of carboxylic acid groups (broad SMARTS) is 2. The van der Waals surface area contributed by atoms with Crippen molar-refractivity contribution in [2.24, 2.45) is 17.4 Å². The van der Waals surface area contributed by atoms with Crippen molar-refractivity contribution < 1.29 is 34.2 Å². The Morgan fingerprint density at radius 2 is 1.39 bits per heavy atom. The van der Waals surface area contributed by atoms with Gasteiger partial charge < -0.3 is 37.6 Å². The summed E-state index contributed by atoms with van der Waals surface area (Å²) in [5.74, 6) is -4.39. The molecule has 0 aromatic heterocycles. The lowest BCUT2D eigenvalue weighted by molar-refractivity contribution is -0.143. The van der Waals surface area contributed by atoms with Gasteiger partial charge in [0.1, 0.15) is 18.1 Å².